The van der Waals surface area contributed by atoms with Gasteiger partial charge in [0, 0.05) is 17.5 Å². The number of H-pyrrole nitrogens is 1. The molecule has 1 fully saturated rings. The van der Waals surface area contributed by atoms with Gasteiger partial charge >= 0.3 is 0 Å². The molecule has 7 heteroatoms. The van der Waals surface area contributed by atoms with Crippen molar-refractivity contribution in [2.45, 2.75) is 51.4 Å². The number of nitrogens with zero attached hydrogens (tertiary/aromatic N) is 3. The number of aromatic nitrogens is 3. The quantitative estimate of drug-likeness (QED) is 0.210. The van der Waals surface area contributed by atoms with Crippen LogP contribution in [0.5, 0.6) is 0 Å². The van der Waals surface area contributed by atoms with Gasteiger partial charge < -0.3 is 10.3 Å². The van der Waals surface area contributed by atoms with Crippen molar-refractivity contribution >= 4 is 40.4 Å². The van der Waals surface area contributed by atoms with Crippen molar-refractivity contribution < 1.29 is 9.18 Å². The molecule has 0 aliphatic heterocycles. The summed E-state index contributed by atoms with van der Waals surface area (Å²) in [7, 11) is 0. The summed E-state index contributed by atoms with van der Waals surface area (Å²) in [5, 5.41) is 3.38. The number of benzene rings is 2. The number of hydrogen-bond acceptors (Lipinski definition) is 4. The summed E-state index contributed by atoms with van der Waals surface area (Å²) in [5.74, 6) is 2.06. The summed E-state index contributed by atoms with van der Waals surface area (Å²) in [6.45, 7) is 4.24. The Morgan fingerprint density at radius 1 is 1.15 bits per heavy atom. The average molecular weight is 458 g/mol. The zero-order valence-electron chi connectivity index (χ0n) is 19.4. The number of hydrogen-bond donors (Lipinski definition) is 2. The van der Waals surface area contributed by atoms with E-state index in [-0.39, 0.29) is 5.82 Å². The second-order valence-corrected chi connectivity index (χ2v) is 9.28. The van der Waals surface area contributed by atoms with Gasteiger partial charge in [0.1, 0.15) is 11.6 Å². The Labute approximate surface area is 197 Å². The van der Waals surface area contributed by atoms with Crippen LogP contribution >= 0.6 is 0 Å². The molecule has 0 spiro atoms. The molecule has 0 saturated heterocycles. The standard InChI is InChI=1S/C27H28FN5O/c1-16-11-25-26(13-24(16)31-14-29-15-34)33-27(32-25)17(2)18-3-5-19(6-4-18)21-9-10-30-23-8-7-20(28)12-22(21)23/h7-15,17-19H,3-6H2,1-2H3,(H,32,33)(H,29,31,34). The average Bonchev–Trinajstić information content (AvgIpc) is 3.26. The predicted molar refractivity (Wildman–Crippen MR) is 133 cm³/mol. The third kappa shape index (κ3) is 4.30. The number of nitrogens with one attached hydrogen (secondary N) is 2. The molecule has 2 N–H and O–H groups in total. The Morgan fingerprint density at radius 2 is 1.97 bits per heavy atom. The maximum Gasteiger partial charge on any atom is 0.212 e. The lowest BCUT2D eigenvalue weighted by Crippen LogP contribution is -2.19. The zero-order chi connectivity index (χ0) is 23.7. The molecule has 0 radical (unpaired) electrons. The predicted octanol–water partition coefficient (Wildman–Crippen LogP) is 6.04. The molecular formula is C27H28FN5O. The molecule has 174 valence electrons. The molecule has 4 aromatic rings. The molecule has 1 saturated carbocycles. The Bertz CT molecular complexity index is 1370. The van der Waals surface area contributed by atoms with Crippen molar-refractivity contribution in [3.05, 3.63) is 65.4 Å². The zero-order valence-corrected chi connectivity index (χ0v) is 19.4. The highest BCUT2D eigenvalue weighted by Gasteiger charge is 2.29. The van der Waals surface area contributed by atoms with E-state index in [1.165, 1.54) is 18.0 Å². The Balaban J connectivity index is 1.32. The minimum absolute atomic E-state index is 0.210. The Kier molecular flexibility index (Phi) is 6.09. The van der Waals surface area contributed by atoms with E-state index in [4.69, 9.17) is 4.98 Å². The molecule has 1 amide bonds. The molecule has 1 atom stereocenters. The summed E-state index contributed by atoms with van der Waals surface area (Å²) < 4.78 is 13.9. The summed E-state index contributed by atoms with van der Waals surface area (Å²) in [4.78, 5) is 27.6. The smallest absolute Gasteiger partial charge is 0.212 e. The van der Waals surface area contributed by atoms with Gasteiger partial charge in [-0.1, -0.05) is 6.92 Å². The number of carbonyl (C=O) groups excluding carboxylic acids is 1. The number of rotatable bonds is 6. The van der Waals surface area contributed by atoms with Crippen LogP contribution in [0.15, 0.2) is 47.6 Å². The summed E-state index contributed by atoms with van der Waals surface area (Å²) >= 11 is 0. The number of carbonyl (C=O) groups is 1. The van der Waals surface area contributed by atoms with Crippen LogP contribution in [-0.2, 0) is 4.79 Å². The summed E-state index contributed by atoms with van der Waals surface area (Å²) in [6, 6.07) is 10.9. The number of aryl methyl sites for hydroxylation is 1. The molecule has 5 rings (SSSR count). The second-order valence-electron chi connectivity index (χ2n) is 9.28. The fourth-order valence-corrected chi connectivity index (χ4v) is 5.31. The van der Waals surface area contributed by atoms with Gasteiger partial charge in [-0.15, -0.1) is 0 Å². The van der Waals surface area contributed by atoms with Crippen molar-refractivity contribution in [1.82, 2.24) is 20.3 Å². The Hall–Kier alpha value is -3.61. The lowest BCUT2D eigenvalue weighted by atomic mass is 9.73. The highest BCUT2D eigenvalue weighted by atomic mass is 19.1. The minimum atomic E-state index is -0.210. The van der Waals surface area contributed by atoms with Crippen molar-refractivity contribution in [3.8, 4) is 0 Å². The van der Waals surface area contributed by atoms with Crippen molar-refractivity contribution in [3.63, 3.8) is 0 Å². The number of aromatic amines is 1. The first kappa shape index (κ1) is 22.2. The van der Waals surface area contributed by atoms with Gasteiger partial charge in [-0.2, -0.15) is 0 Å². The van der Waals surface area contributed by atoms with Gasteiger partial charge in [-0.3, -0.25) is 9.78 Å². The van der Waals surface area contributed by atoms with Crippen molar-refractivity contribution in [1.29, 1.82) is 0 Å². The third-order valence-corrected chi connectivity index (χ3v) is 7.25. The van der Waals surface area contributed by atoms with Gasteiger partial charge in [0.2, 0.25) is 6.41 Å². The van der Waals surface area contributed by atoms with Gasteiger partial charge in [0.25, 0.3) is 0 Å². The van der Waals surface area contributed by atoms with E-state index in [1.54, 1.807) is 12.1 Å². The maximum atomic E-state index is 13.9. The van der Waals surface area contributed by atoms with E-state index >= 15 is 0 Å². The van der Waals surface area contributed by atoms with Crippen molar-refractivity contribution in [2.24, 2.45) is 10.9 Å². The highest BCUT2D eigenvalue weighted by Crippen LogP contribution is 2.43. The highest BCUT2D eigenvalue weighted by molar-refractivity contribution is 5.83. The fraction of sp³-hybridized carbons (Fsp3) is 0.333. The summed E-state index contributed by atoms with van der Waals surface area (Å²) in [6.07, 6.45) is 8.18. The number of imidazole rings is 1. The summed E-state index contributed by atoms with van der Waals surface area (Å²) in [5.41, 5.74) is 5.75. The van der Waals surface area contributed by atoms with E-state index in [0.717, 1.165) is 64.7 Å². The van der Waals surface area contributed by atoms with Crippen LogP contribution in [0.1, 0.15) is 61.4 Å². The number of amides is 1. The molecule has 34 heavy (non-hydrogen) atoms. The van der Waals surface area contributed by atoms with Crippen LogP contribution in [0.25, 0.3) is 21.9 Å². The van der Waals surface area contributed by atoms with E-state index in [2.05, 4.69) is 39.3 Å². The van der Waals surface area contributed by atoms with E-state index in [9.17, 15) is 9.18 Å². The molecule has 1 unspecified atom stereocenters. The van der Waals surface area contributed by atoms with Crippen LogP contribution in [-0.4, -0.2) is 27.7 Å². The molecular weight excluding hydrogens is 429 g/mol. The van der Waals surface area contributed by atoms with Gasteiger partial charge in [0.15, 0.2) is 0 Å². The molecule has 6 nitrogen and oxygen atoms in total. The topological polar surface area (TPSA) is 83.0 Å². The van der Waals surface area contributed by atoms with Crippen LogP contribution < -0.4 is 5.32 Å². The Morgan fingerprint density at radius 3 is 2.76 bits per heavy atom. The first-order valence-corrected chi connectivity index (χ1v) is 11.8. The number of aliphatic imine (C=N–C) groups is 1. The lowest BCUT2D eigenvalue weighted by Gasteiger charge is -2.32. The molecule has 1 aliphatic carbocycles. The number of halogens is 1. The molecule has 2 aromatic heterocycles. The van der Waals surface area contributed by atoms with Gasteiger partial charge in [0.05, 0.1) is 28.6 Å². The molecule has 0 bridgehead atoms. The van der Waals surface area contributed by atoms with Crippen LogP contribution in [0.2, 0.25) is 0 Å². The monoisotopic (exact) mass is 457 g/mol. The maximum absolute atomic E-state index is 13.9. The minimum Gasteiger partial charge on any atom is -0.342 e. The first-order chi connectivity index (χ1) is 16.5. The molecule has 1 aliphatic rings. The van der Waals surface area contributed by atoms with Crippen LogP contribution in [0, 0.1) is 18.7 Å². The third-order valence-electron chi connectivity index (χ3n) is 7.25. The number of pyridine rings is 1. The van der Waals surface area contributed by atoms with E-state index in [0.29, 0.717) is 24.2 Å². The normalized spacial score (nSPS) is 19.6. The number of fused-ring (bicyclic) bond motifs is 2. The fourth-order valence-electron chi connectivity index (χ4n) is 5.31. The first-order valence-electron chi connectivity index (χ1n) is 11.8. The lowest BCUT2D eigenvalue weighted by molar-refractivity contribution is -0.108. The SMILES string of the molecule is Cc1cc2[nH]c(C(C)C3CCC(c4ccnc5ccc(F)cc45)CC3)nc2cc1N=CNC=O. The van der Waals surface area contributed by atoms with Gasteiger partial charge in [-0.25, -0.2) is 14.4 Å². The van der Waals surface area contributed by atoms with E-state index < -0.39 is 0 Å². The van der Waals surface area contributed by atoms with Crippen LogP contribution in [0.3, 0.4) is 0 Å². The van der Waals surface area contributed by atoms with Gasteiger partial charge in [-0.05, 0) is 92.0 Å². The molecule has 2 aromatic carbocycles. The van der Waals surface area contributed by atoms with E-state index in [1.807, 2.05) is 19.2 Å². The van der Waals surface area contributed by atoms with Crippen molar-refractivity contribution in [2.75, 3.05) is 0 Å². The molecule has 2 heterocycles. The van der Waals surface area contributed by atoms with Crippen LogP contribution in [0.4, 0.5) is 10.1 Å². The largest absolute Gasteiger partial charge is 0.342 e. The second kappa shape index (κ2) is 9.33.